The highest BCUT2D eigenvalue weighted by Gasteiger charge is 2.31. The van der Waals surface area contributed by atoms with Crippen molar-refractivity contribution in [3.63, 3.8) is 0 Å². The van der Waals surface area contributed by atoms with Gasteiger partial charge >= 0.3 is 0 Å². The molecule has 0 aliphatic carbocycles. The van der Waals surface area contributed by atoms with Crippen molar-refractivity contribution in [2.45, 2.75) is 26.4 Å². The molecule has 1 aromatic carbocycles. The van der Waals surface area contributed by atoms with Crippen LogP contribution in [0.15, 0.2) is 57.9 Å². The standard InChI is InChI=1S/C25H31N3O4/c1-4-31-20-9-7-19(8-10-20)24(27-13-11-26(3)12-14-27)23-22(29)16-18(2)28(25(23)30)17-21-6-5-15-32-21/h5-10,15-16,24,29H,4,11-14,17H2,1-3H3. The summed E-state index contributed by atoms with van der Waals surface area (Å²) in [7, 11) is 2.10. The van der Waals surface area contributed by atoms with Gasteiger partial charge in [0.15, 0.2) is 0 Å². The zero-order valence-corrected chi connectivity index (χ0v) is 19.0. The first-order valence-corrected chi connectivity index (χ1v) is 11.1. The van der Waals surface area contributed by atoms with Gasteiger partial charge in [-0.3, -0.25) is 9.69 Å². The predicted molar refractivity (Wildman–Crippen MR) is 123 cm³/mol. The number of pyridine rings is 1. The van der Waals surface area contributed by atoms with Crippen molar-refractivity contribution >= 4 is 0 Å². The van der Waals surface area contributed by atoms with Crippen LogP contribution in [0.2, 0.25) is 0 Å². The average Bonchev–Trinajstić information content (AvgIpc) is 3.29. The van der Waals surface area contributed by atoms with Crippen molar-refractivity contribution in [1.82, 2.24) is 14.4 Å². The van der Waals surface area contributed by atoms with Gasteiger partial charge in [-0.15, -0.1) is 0 Å². The maximum absolute atomic E-state index is 13.7. The number of aryl methyl sites for hydroxylation is 1. The Morgan fingerprint density at radius 2 is 1.84 bits per heavy atom. The monoisotopic (exact) mass is 437 g/mol. The molecule has 1 aliphatic heterocycles. The molecule has 32 heavy (non-hydrogen) atoms. The minimum atomic E-state index is -0.352. The second-order valence-electron chi connectivity index (χ2n) is 8.30. The Hall–Kier alpha value is -3.03. The van der Waals surface area contributed by atoms with E-state index >= 15 is 0 Å². The van der Waals surface area contributed by atoms with Gasteiger partial charge in [-0.2, -0.15) is 0 Å². The number of ether oxygens (including phenoxy) is 1. The lowest BCUT2D eigenvalue weighted by Gasteiger charge is -2.38. The smallest absolute Gasteiger partial charge is 0.260 e. The third-order valence-electron chi connectivity index (χ3n) is 6.10. The van der Waals surface area contributed by atoms with Gasteiger partial charge in [-0.05, 0) is 56.8 Å². The van der Waals surface area contributed by atoms with Crippen LogP contribution in [0.1, 0.15) is 35.5 Å². The predicted octanol–water partition coefficient (Wildman–Crippen LogP) is 3.24. The van der Waals surface area contributed by atoms with Crippen LogP contribution in [-0.4, -0.2) is 59.3 Å². The third kappa shape index (κ3) is 4.59. The van der Waals surface area contributed by atoms with Crippen molar-refractivity contribution in [3.8, 4) is 11.5 Å². The quantitative estimate of drug-likeness (QED) is 0.612. The van der Waals surface area contributed by atoms with Gasteiger partial charge in [0.25, 0.3) is 5.56 Å². The van der Waals surface area contributed by atoms with Crippen LogP contribution in [0.5, 0.6) is 11.5 Å². The van der Waals surface area contributed by atoms with Gasteiger partial charge in [0.2, 0.25) is 0 Å². The first-order chi connectivity index (χ1) is 15.5. The lowest BCUT2D eigenvalue weighted by molar-refractivity contribution is 0.125. The second kappa shape index (κ2) is 9.63. The van der Waals surface area contributed by atoms with Crippen LogP contribution in [-0.2, 0) is 6.54 Å². The number of benzene rings is 1. The molecule has 1 N–H and O–H groups in total. The molecular formula is C25H31N3O4. The van der Waals surface area contributed by atoms with E-state index in [9.17, 15) is 9.90 Å². The first-order valence-electron chi connectivity index (χ1n) is 11.1. The molecule has 7 nitrogen and oxygen atoms in total. The van der Waals surface area contributed by atoms with E-state index in [0.717, 1.165) is 37.5 Å². The Kier molecular flexibility index (Phi) is 6.67. The molecular weight excluding hydrogens is 406 g/mol. The molecule has 1 unspecified atom stereocenters. The summed E-state index contributed by atoms with van der Waals surface area (Å²) in [6, 6.07) is 12.8. The molecule has 3 aromatic rings. The zero-order chi connectivity index (χ0) is 22.7. The first kappa shape index (κ1) is 22.2. The number of nitrogens with zero attached hydrogens (tertiary/aromatic N) is 3. The summed E-state index contributed by atoms with van der Waals surface area (Å²) < 4.78 is 12.7. The van der Waals surface area contributed by atoms with Gasteiger partial charge in [0.05, 0.1) is 31.0 Å². The fraction of sp³-hybridized carbons (Fsp3) is 0.400. The molecule has 0 radical (unpaired) electrons. The molecule has 2 aromatic heterocycles. The summed E-state index contributed by atoms with van der Waals surface area (Å²) in [6.45, 7) is 8.11. The largest absolute Gasteiger partial charge is 0.507 e. The van der Waals surface area contributed by atoms with Crippen LogP contribution in [0.25, 0.3) is 0 Å². The van der Waals surface area contributed by atoms with E-state index in [0.29, 0.717) is 30.2 Å². The fourth-order valence-corrected chi connectivity index (χ4v) is 4.33. The van der Waals surface area contributed by atoms with E-state index in [1.807, 2.05) is 50.2 Å². The molecule has 170 valence electrons. The van der Waals surface area contributed by atoms with E-state index in [2.05, 4.69) is 16.8 Å². The van der Waals surface area contributed by atoms with Crippen LogP contribution in [0.4, 0.5) is 0 Å². The van der Waals surface area contributed by atoms with Crippen molar-refractivity contribution in [1.29, 1.82) is 0 Å². The average molecular weight is 438 g/mol. The molecule has 1 fully saturated rings. The van der Waals surface area contributed by atoms with Gasteiger partial charge < -0.3 is 23.7 Å². The summed E-state index contributed by atoms with van der Waals surface area (Å²) in [5, 5.41) is 11.0. The number of aromatic nitrogens is 1. The summed E-state index contributed by atoms with van der Waals surface area (Å²) in [5.74, 6) is 1.52. The molecule has 7 heteroatoms. The highest BCUT2D eigenvalue weighted by molar-refractivity contribution is 5.42. The van der Waals surface area contributed by atoms with Crippen molar-refractivity contribution in [2.24, 2.45) is 0 Å². The van der Waals surface area contributed by atoms with E-state index in [1.54, 1.807) is 16.9 Å². The Labute approximate surface area is 188 Å². The molecule has 3 heterocycles. The highest BCUT2D eigenvalue weighted by atomic mass is 16.5. The number of piperazine rings is 1. The van der Waals surface area contributed by atoms with Gasteiger partial charge in [-0.25, -0.2) is 0 Å². The summed E-state index contributed by atoms with van der Waals surface area (Å²) in [5.41, 5.74) is 1.85. The van der Waals surface area contributed by atoms with E-state index in [1.165, 1.54) is 0 Å². The molecule has 0 amide bonds. The second-order valence-corrected chi connectivity index (χ2v) is 8.30. The Morgan fingerprint density at radius 3 is 2.47 bits per heavy atom. The van der Waals surface area contributed by atoms with Crippen molar-refractivity contribution in [2.75, 3.05) is 39.8 Å². The number of rotatable bonds is 7. The summed E-state index contributed by atoms with van der Waals surface area (Å²) in [4.78, 5) is 18.3. The van der Waals surface area contributed by atoms with Crippen LogP contribution in [0, 0.1) is 6.92 Å². The number of aromatic hydroxyl groups is 1. The normalized spacial score (nSPS) is 16.2. The maximum Gasteiger partial charge on any atom is 0.260 e. The molecule has 4 rings (SSSR count). The Balaban J connectivity index is 1.80. The molecule has 1 saturated heterocycles. The molecule has 1 aliphatic rings. The SMILES string of the molecule is CCOc1ccc(C(c2c(O)cc(C)n(Cc3ccco3)c2=O)N2CCN(C)CC2)cc1. The van der Waals surface area contributed by atoms with Gasteiger partial charge in [0.1, 0.15) is 17.3 Å². The summed E-state index contributed by atoms with van der Waals surface area (Å²) >= 11 is 0. The minimum Gasteiger partial charge on any atom is -0.507 e. The Morgan fingerprint density at radius 1 is 1.12 bits per heavy atom. The third-order valence-corrected chi connectivity index (χ3v) is 6.10. The van der Waals surface area contributed by atoms with E-state index in [4.69, 9.17) is 9.15 Å². The van der Waals surface area contributed by atoms with Crippen LogP contribution in [0.3, 0.4) is 0 Å². The van der Waals surface area contributed by atoms with Crippen molar-refractivity contribution < 1.29 is 14.3 Å². The molecule has 1 atom stereocenters. The number of likely N-dealkylation sites (N-methyl/N-ethyl adjacent to an activating group) is 1. The van der Waals surface area contributed by atoms with E-state index in [-0.39, 0.29) is 17.4 Å². The lowest BCUT2D eigenvalue weighted by atomic mass is 9.96. The number of hydrogen-bond acceptors (Lipinski definition) is 6. The van der Waals surface area contributed by atoms with Crippen LogP contribution < -0.4 is 10.3 Å². The van der Waals surface area contributed by atoms with Crippen molar-refractivity contribution in [3.05, 3.63) is 81.7 Å². The maximum atomic E-state index is 13.7. The van der Waals surface area contributed by atoms with Gasteiger partial charge in [-0.1, -0.05) is 12.1 Å². The van der Waals surface area contributed by atoms with E-state index < -0.39 is 0 Å². The lowest BCUT2D eigenvalue weighted by Crippen LogP contribution is -2.47. The fourth-order valence-electron chi connectivity index (χ4n) is 4.33. The minimum absolute atomic E-state index is 0.0287. The molecule has 0 bridgehead atoms. The summed E-state index contributed by atoms with van der Waals surface area (Å²) in [6.07, 6.45) is 1.60. The molecule has 0 saturated carbocycles. The topological polar surface area (TPSA) is 71.1 Å². The van der Waals surface area contributed by atoms with Crippen LogP contribution >= 0.6 is 0 Å². The number of hydrogen-bond donors (Lipinski definition) is 1. The molecule has 0 spiro atoms. The highest BCUT2D eigenvalue weighted by Crippen LogP contribution is 2.34. The van der Waals surface area contributed by atoms with Gasteiger partial charge in [0, 0.05) is 31.9 Å². The zero-order valence-electron chi connectivity index (χ0n) is 19.0. The number of furan rings is 1. The Bertz CT molecular complexity index is 1080.